The molecule has 34 heavy (non-hydrogen) atoms. The predicted molar refractivity (Wildman–Crippen MR) is 132 cm³/mol. The Balaban J connectivity index is 1.55. The molecule has 1 amide bonds. The van der Waals surface area contributed by atoms with Gasteiger partial charge in [0, 0.05) is 36.8 Å². The molecule has 2 aromatic heterocycles. The smallest absolute Gasteiger partial charge is 0.243 e. The van der Waals surface area contributed by atoms with Crippen LogP contribution in [0.5, 0.6) is 0 Å². The molecule has 1 aromatic carbocycles. The lowest BCUT2D eigenvalue weighted by Gasteiger charge is -2.32. The molecule has 1 saturated heterocycles. The number of carbonyl (C=O) groups excluding carboxylic acids is 1. The first kappa shape index (κ1) is 24.3. The molecule has 9 nitrogen and oxygen atoms in total. The molecule has 180 valence electrons. The van der Waals surface area contributed by atoms with E-state index < -0.39 is 16.1 Å². The standard InChI is InChI=1S/C23H27N5O4S2/c1-14-11-21(15(2)10-19(14)25-17(4)29)34(30,31)28-8-9-32-20(13-28)18-6-5-7-22(26-18)27-23-24-12-16(3)33-23/h5-7,10-12,20H,8-9,13H2,1-4H3,(H,25,29)(H,24,26,27). The zero-order valence-corrected chi connectivity index (χ0v) is 21.1. The molecular formula is C23H27N5O4S2. The minimum atomic E-state index is -3.77. The number of thiazole rings is 1. The fraction of sp³-hybridized carbons (Fsp3) is 0.348. The molecule has 1 atom stereocenters. The van der Waals surface area contributed by atoms with Gasteiger partial charge in [-0.2, -0.15) is 4.31 Å². The van der Waals surface area contributed by atoms with Crippen LogP contribution in [0.25, 0.3) is 0 Å². The maximum Gasteiger partial charge on any atom is 0.243 e. The number of carbonyl (C=O) groups is 1. The van der Waals surface area contributed by atoms with E-state index in [1.54, 1.807) is 32.2 Å². The number of aryl methyl sites for hydroxylation is 3. The van der Waals surface area contributed by atoms with Crippen LogP contribution in [0.1, 0.15) is 34.7 Å². The molecule has 11 heteroatoms. The summed E-state index contributed by atoms with van der Waals surface area (Å²) in [6.45, 7) is 7.57. The number of nitrogens with one attached hydrogen (secondary N) is 2. The third-order valence-corrected chi connectivity index (χ3v) is 8.27. The van der Waals surface area contributed by atoms with E-state index in [1.807, 2.05) is 25.1 Å². The lowest BCUT2D eigenvalue weighted by atomic mass is 10.1. The Bertz CT molecular complexity index is 1320. The molecule has 1 aliphatic heterocycles. The van der Waals surface area contributed by atoms with Gasteiger partial charge in [-0.3, -0.25) is 4.79 Å². The van der Waals surface area contributed by atoms with E-state index in [0.29, 0.717) is 28.3 Å². The molecule has 0 aliphatic carbocycles. The minimum Gasteiger partial charge on any atom is -0.369 e. The number of aromatic nitrogens is 2. The summed E-state index contributed by atoms with van der Waals surface area (Å²) in [4.78, 5) is 21.7. The third-order valence-electron chi connectivity index (χ3n) is 5.44. The van der Waals surface area contributed by atoms with Gasteiger partial charge in [0.25, 0.3) is 0 Å². The first-order valence-electron chi connectivity index (χ1n) is 10.8. The van der Waals surface area contributed by atoms with Crippen LogP contribution < -0.4 is 10.6 Å². The molecule has 2 N–H and O–H groups in total. The molecular weight excluding hydrogens is 474 g/mol. The van der Waals surface area contributed by atoms with Crippen molar-refractivity contribution in [1.82, 2.24) is 14.3 Å². The maximum absolute atomic E-state index is 13.5. The Morgan fingerprint density at radius 3 is 2.71 bits per heavy atom. The molecule has 0 bridgehead atoms. The maximum atomic E-state index is 13.5. The van der Waals surface area contributed by atoms with Crippen molar-refractivity contribution in [3.05, 3.63) is 58.2 Å². The van der Waals surface area contributed by atoms with Crippen LogP contribution in [0, 0.1) is 20.8 Å². The number of amides is 1. The third kappa shape index (κ3) is 5.27. The van der Waals surface area contributed by atoms with E-state index in [2.05, 4.69) is 20.6 Å². The highest BCUT2D eigenvalue weighted by Gasteiger charge is 2.33. The summed E-state index contributed by atoms with van der Waals surface area (Å²) in [5, 5.41) is 6.66. The van der Waals surface area contributed by atoms with Crippen LogP contribution in [0.2, 0.25) is 0 Å². The fourth-order valence-corrected chi connectivity index (χ4v) is 6.16. The van der Waals surface area contributed by atoms with Crippen molar-refractivity contribution in [3.63, 3.8) is 0 Å². The van der Waals surface area contributed by atoms with Crippen LogP contribution in [-0.4, -0.2) is 48.3 Å². The highest BCUT2D eigenvalue weighted by Crippen LogP contribution is 2.30. The SMILES string of the molecule is CC(=O)Nc1cc(C)c(S(=O)(=O)N2CCOC(c3cccc(Nc4ncc(C)s4)n3)C2)cc1C. The molecule has 4 rings (SSSR count). The van der Waals surface area contributed by atoms with E-state index >= 15 is 0 Å². The normalized spacial score (nSPS) is 16.9. The van der Waals surface area contributed by atoms with E-state index in [9.17, 15) is 13.2 Å². The summed E-state index contributed by atoms with van der Waals surface area (Å²) in [5.74, 6) is 0.416. The zero-order valence-electron chi connectivity index (χ0n) is 19.5. The Hall–Kier alpha value is -2.86. The molecule has 1 fully saturated rings. The number of anilines is 3. The van der Waals surface area contributed by atoms with Gasteiger partial charge >= 0.3 is 0 Å². The number of rotatable bonds is 6. The van der Waals surface area contributed by atoms with E-state index in [0.717, 1.165) is 10.0 Å². The topological polar surface area (TPSA) is 114 Å². The van der Waals surface area contributed by atoms with Gasteiger partial charge in [-0.1, -0.05) is 6.07 Å². The summed E-state index contributed by atoms with van der Waals surface area (Å²) < 4.78 is 34.4. The second-order valence-corrected chi connectivity index (χ2v) is 11.3. The van der Waals surface area contributed by atoms with E-state index in [-0.39, 0.29) is 30.5 Å². The first-order chi connectivity index (χ1) is 16.1. The molecule has 3 heterocycles. The number of hydrogen-bond acceptors (Lipinski definition) is 8. The van der Waals surface area contributed by atoms with Crippen LogP contribution in [0.3, 0.4) is 0 Å². The lowest BCUT2D eigenvalue weighted by Crippen LogP contribution is -2.42. The molecule has 0 saturated carbocycles. The number of sulfonamides is 1. The van der Waals surface area contributed by atoms with Gasteiger partial charge in [0.1, 0.15) is 11.9 Å². The predicted octanol–water partition coefficient (Wildman–Crippen LogP) is 3.93. The molecule has 0 radical (unpaired) electrons. The average Bonchev–Trinajstić information content (AvgIpc) is 3.20. The molecule has 0 spiro atoms. The summed E-state index contributed by atoms with van der Waals surface area (Å²) in [5.41, 5.74) is 2.50. The Labute approximate surface area is 203 Å². The quantitative estimate of drug-likeness (QED) is 0.526. The summed E-state index contributed by atoms with van der Waals surface area (Å²) in [6.07, 6.45) is 1.29. The summed E-state index contributed by atoms with van der Waals surface area (Å²) in [6, 6.07) is 8.82. The zero-order chi connectivity index (χ0) is 24.5. The summed E-state index contributed by atoms with van der Waals surface area (Å²) >= 11 is 1.53. The van der Waals surface area contributed by atoms with Crippen LogP contribution in [0.15, 0.2) is 41.4 Å². The highest BCUT2D eigenvalue weighted by molar-refractivity contribution is 7.89. The molecule has 1 aliphatic rings. The molecule has 1 unspecified atom stereocenters. The lowest BCUT2D eigenvalue weighted by molar-refractivity contribution is -0.114. The van der Waals surface area contributed by atoms with Crippen molar-refractivity contribution in [2.75, 3.05) is 30.3 Å². The largest absolute Gasteiger partial charge is 0.369 e. The number of hydrogen-bond donors (Lipinski definition) is 2. The first-order valence-corrected chi connectivity index (χ1v) is 13.1. The fourth-order valence-electron chi connectivity index (χ4n) is 3.78. The number of pyridine rings is 1. The number of nitrogens with zero attached hydrogens (tertiary/aromatic N) is 3. The summed E-state index contributed by atoms with van der Waals surface area (Å²) in [7, 11) is -3.77. The minimum absolute atomic E-state index is 0.154. The van der Waals surface area contributed by atoms with Crippen LogP contribution >= 0.6 is 11.3 Å². The van der Waals surface area contributed by atoms with Crippen molar-refractivity contribution < 1.29 is 17.9 Å². The number of benzene rings is 1. The van der Waals surface area contributed by atoms with Gasteiger partial charge in [-0.15, -0.1) is 11.3 Å². The van der Waals surface area contributed by atoms with Crippen molar-refractivity contribution >= 4 is 43.9 Å². The van der Waals surface area contributed by atoms with Crippen molar-refractivity contribution in [2.45, 2.75) is 38.7 Å². The number of ether oxygens (including phenoxy) is 1. The average molecular weight is 502 g/mol. The number of morpholine rings is 1. The van der Waals surface area contributed by atoms with Crippen molar-refractivity contribution in [2.24, 2.45) is 0 Å². The second-order valence-electron chi connectivity index (χ2n) is 8.19. The van der Waals surface area contributed by atoms with Gasteiger partial charge in [-0.25, -0.2) is 18.4 Å². The van der Waals surface area contributed by atoms with E-state index in [1.165, 1.54) is 22.6 Å². The Morgan fingerprint density at radius 2 is 2.00 bits per heavy atom. The monoisotopic (exact) mass is 501 g/mol. The second kappa shape index (κ2) is 9.79. The molecule has 3 aromatic rings. The van der Waals surface area contributed by atoms with E-state index in [4.69, 9.17) is 4.74 Å². The van der Waals surface area contributed by atoms with Gasteiger partial charge < -0.3 is 15.4 Å². The van der Waals surface area contributed by atoms with Gasteiger partial charge in [-0.05, 0) is 56.2 Å². The van der Waals surface area contributed by atoms with Gasteiger partial charge in [0.2, 0.25) is 15.9 Å². The van der Waals surface area contributed by atoms with Crippen LogP contribution in [0.4, 0.5) is 16.6 Å². The Kier molecular flexibility index (Phi) is 6.99. The van der Waals surface area contributed by atoms with Crippen molar-refractivity contribution in [1.29, 1.82) is 0 Å². The van der Waals surface area contributed by atoms with Crippen molar-refractivity contribution in [3.8, 4) is 0 Å². The van der Waals surface area contributed by atoms with Gasteiger partial charge in [0.05, 0.1) is 17.2 Å². The van der Waals surface area contributed by atoms with Gasteiger partial charge in [0.15, 0.2) is 5.13 Å². The van der Waals surface area contributed by atoms with Crippen LogP contribution in [-0.2, 0) is 19.6 Å². The Morgan fingerprint density at radius 1 is 1.21 bits per heavy atom. The highest BCUT2D eigenvalue weighted by atomic mass is 32.2.